The van der Waals surface area contributed by atoms with Gasteiger partial charge in [-0.15, -0.1) is 0 Å². The van der Waals surface area contributed by atoms with Crippen LogP contribution in [-0.2, 0) is 5.41 Å². The Morgan fingerprint density at radius 2 is 0.894 bits per heavy atom. The maximum absolute atomic E-state index is 2.43. The zero-order valence-electron chi connectivity index (χ0n) is 26.4. The lowest BCUT2D eigenvalue weighted by Crippen LogP contribution is -2.14. The van der Waals surface area contributed by atoms with E-state index in [-0.39, 0.29) is 5.41 Å². The highest BCUT2D eigenvalue weighted by Crippen LogP contribution is 2.49. The number of hydrogen-bond donors (Lipinski definition) is 0. The lowest BCUT2D eigenvalue weighted by Gasteiger charge is -2.21. The van der Waals surface area contributed by atoms with Crippen molar-refractivity contribution in [3.8, 4) is 33.6 Å². The Bertz CT molecular complexity index is 2680. The topological polar surface area (TPSA) is 9.86 Å². The fraction of sp³-hybridized carbons (Fsp3) is 0.0667. The molecule has 7 aromatic carbocycles. The molecule has 2 heteroatoms. The van der Waals surface area contributed by atoms with Gasteiger partial charge in [0.2, 0.25) is 0 Å². The second-order valence-electron chi connectivity index (χ2n) is 13.4. The summed E-state index contributed by atoms with van der Waals surface area (Å²) in [6.07, 6.45) is 0. The van der Waals surface area contributed by atoms with Gasteiger partial charge in [0.05, 0.1) is 22.1 Å². The van der Waals surface area contributed by atoms with Gasteiger partial charge in [-0.2, -0.15) is 0 Å². The second-order valence-corrected chi connectivity index (χ2v) is 13.4. The van der Waals surface area contributed by atoms with Crippen LogP contribution in [0.4, 0.5) is 0 Å². The van der Waals surface area contributed by atoms with Crippen molar-refractivity contribution in [2.75, 3.05) is 0 Å². The molecule has 9 aromatic rings. The van der Waals surface area contributed by atoms with E-state index in [9.17, 15) is 0 Å². The molecular weight excluding hydrogens is 569 g/mol. The zero-order chi connectivity index (χ0) is 31.3. The van der Waals surface area contributed by atoms with Crippen LogP contribution in [0.3, 0.4) is 0 Å². The molecule has 0 spiro atoms. The first-order valence-corrected chi connectivity index (χ1v) is 16.4. The van der Waals surface area contributed by atoms with E-state index in [0.29, 0.717) is 0 Å². The number of rotatable bonds is 3. The van der Waals surface area contributed by atoms with Crippen molar-refractivity contribution < 1.29 is 0 Å². The van der Waals surface area contributed by atoms with Crippen molar-refractivity contribution in [3.63, 3.8) is 0 Å². The van der Waals surface area contributed by atoms with Crippen LogP contribution in [0.5, 0.6) is 0 Å². The smallest absolute Gasteiger partial charge is 0.0562 e. The van der Waals surface area contributed by atoms with Gasteiger partial charge in [-0.25, -0.2) is 0 Å². The van der Waals surface area contributed by atoms with Gasteiger partial charge < -0.3 is 9.13 Å². The standard InChI is InChI=1S/C45H32N2/c1-45(2)39-17-9-6-14-33(39)36-26-30(22-25-40(36)45)29-20-23-32(24-21-29)47-42-19-11-8-16-35(42)38-27-37-34-15-7-10-18-41(34)46(43(37)28-44(38)47)31-12-4-3-5-13-31/h3-28H,1-2H3. The molecule has 0 aliphatic heterocycles. The molecule has 0 saturated heterocycles. The van der Waals surface area contributed by atoms with Crippen LogP contribution in [0.1, 0.15) is 25.0 Å². The zero-order valence-corrected chi connectivity index (χ0v) is 26.4. The molecule has 0 saturated carbocycles. The van der Waals surface area contributed by atoms with E-state index >= 15 is 0 Å². The Morgan fingerprint density at radius 1 is 0.362 bits per heavy atom. The number of hydrogen-bond acceptors (Lipinski definition) is 0. The van der Waals surface area contributed by atoms with Crippen LogP contribution in [0, 0.1) is 0 Å². The maximum Gasteiger partial charge on any atom is 0.0562 e. The summed E-state index contributed by atoms with van der Waals surface area (Å²) in [5.74, 6) is 0. The van der Waals surface area contributed by atoms with Crippen molar-refractivity contribution >= 4 is 43.6 Å². The van der Waals surface area contributed by atoms with Crippen molar-refractivity contribution in [3.05, 3.63) is 169 Å². The Balaban J connectivity index is 1.16. The number of benzene rings is 7. The lowest BCUT2D eigenvalue weighted by atomic mass is 9.82. The van der Waals surface area contributed by atoms with E-state index in [1.54, 1.807) is 0 Å². The molecule has 1 aliphatic carbocycles. The molecule has 0 N–H and O–H groups in total. The average molecular weight is 601 g/mol. The van der Waals surface area contributed by atoms with Crippen LogP contribution < -0.4 is 0 Å². The minimum Gasteiger partial charge on any atom is -0.309 e. The molecule has 2 aromatic heterocycles. The Morgan fingerprint density at radius 3 is 1.57 bits per heavy atom. The molecule has 0 amide bonds. The van der Waals surface area contributed by atoms with Crippen LogP contribution in [0.2, 0.25) is 0 Å². The molecule has 10 rings (SSSR count). The summed E-state index contributed by atoms with van der Waals surface area (Å²) >= 11 is 0. The van der Waals surface area contributed by atoms with E-state index in [2.05, 4.69) is 181 Å². The van der Waals surface area contributed by atoms with Crippen molar-refractivity contribution in [2.24, 2.45) is 0 Å². The molecule has 47 heavy (non-hydrogen) atoms. The largest absolute Gasteiger partial charge is 0.309 e. The molecule has 222 valence electrons. The van der Waals surface area contributed by atoms with Gasteiger partial charge in [0, 0.05) is 38.3 Å². The van der Waals surface area contributed by atoms with Gasteiger partial charge in [0.1, 0.15) is 0 Å². The molecular formula is C45H32N2. The monoisotopic (exact) mass is 600 g/mol. The fourth-order valence-electron chi connectivity index (χ4n) is 8.27. The minimum absolute atomic E-state index is 0.0164. The van der Waals surface area contributed by atoms with Crippen LogP contribution in [-0.4, -0.2) is 9.13 Å². The molecule has 0 unspecified atom stereocenters. The van der Waals surface area contributed by atoms with Crippen molar-refractivity contribution in [2.45, 2.75) is 19.3 Å². The summed E-state index contributed by atoms with van der Waals surface area (Å²) in [6, 6.07) is 58.1. The SMILES string of the molecule is CC1(C)c2ccccc2-c2cc(-c3ccc(-n4c5ccccc5c5cc6c7ccccc7n(-c7ccccc7)c6cc54)cc3)ccc21. The molecule has 0 atom stereocenters. The number of para-hydroxylation sites is 3. The quantitative estimate of drug-likeness (QED) is 0.191. The number of aromatic nitrogens is 2. The predicted molar refractivity (Wildman–Crippen MR) is 198 cm³/mol. The Labute approximate surface area is 273 Å². The number of fused-ring (bicyclic) bond motifs is 9. The fourth-order valence-corrected chi connectivity index (χ4v) is 8.27. The first kappa shape index (κ1) is 26.4. The molecule has 2 heterocycles. The molecule has 2 nitrogen and oxygen atoms in total. The normalized spacial score (nSPS) is 13.5. The van der Waals surface area contributed by atoms with Gasteiger partial charge in [-0.3, -0.25) is 0 Å². The summed E-state index contributed by atoms with van der Waals surface area (Å²) in [7, 11) is 0. The van der Waals surface area contributed by atoms with Gasteiger partial charge >= 0.3 is 0 Å². The summed E-state index contributed by atoms with van der Waals surface area (Å²) in [6.45, 7) is 4.68. The third kappa shape index (κ3) is 3.67. The van der Waals surface area contributed by atoms with E-state index in [1.165, 1.54) is 82.7 Å². The third-order valence-corrected chi connectivity index (χ3v) is 10.5. The Hall–Kier alpha value is -5.86. The highest BCUT2D eigenvalue weighted by atomic mass is 15.0. The summed E-state index contributed by atoms with van der Waals surface area (Å²) in [5, 5.41) is 5.09. The molecule has 0 fully saturated rings. The Kier molecular flexibility index (Phi) is 5.37. The van der Waals surface area contributed by atoms with E-state index in [1.807, 2.05) is 0 Å². The van der Waals surface area contributed by atoms with E-state index in [0.717, 1.165) is 5.69 Å². The van der Waals surface area contributed by atoms with Crippen LogP contribution >= 0.6 is 0 Å². The van der Waals surface area contributed by atoms with Crippen LogP contribution in [0.15, 0.2) is 158 Å². The number of nitrogens with zero attached hydrogens (tertiary/aromatic N) is 2. The minimum atomic E-state index is 0.0164. The van der Waals surface area contributed by atoms with Crippen molar-refractivity contribution in [1.29, 1.82) is 0 Å². The highest BCUT2D eigenvalue weighted by molar-refractivity contribution is 6.19. The predicted octanol–water partition coefficient (Wildman–Crippen LogP) is 11.9. The molecule has 0 radical (unpaired) electrons. The first-order chi connectivity index (χ1) is 23.1. The molecule has 1 aliphatic rings. The van der Waals surface area contributed by atoms with Gasteiger partial charge in [0.15, 0.2) is 0 Å². The maximum atomic E-state index is 2.43. The summed E-state index contributed by atoms with van der Waals surface area (Å²) < 4.78 is 4.84. The highest BCUT2D eigenvalue weighted by Gasteiger charge is 2.35. The van der Waals surface area contributed by atoms with Gasteiger partial charge in [-0.1, -0.05) is 117 Å². The average Bonchev–Trinajstić information content (AvgIpc) is 3.70. The molecule has 0 bridgehead atoms. The summed E-state index contributed by atoms with van der Waals surface area (Å²) in [4.78, 5) is 0. The van der Waals surface area contributed by atoms with E-state index < -0.39 is 0 Å². The van der Waals surface area contributed by atoms with Crippen LogP contribution in [0.25, 0.3) is 77.2 Å². The van der Waals surface area contributed by atoms with Gasteiger partial charge in [-0.05, 0) is 88.0 Å². The van der Waals surface area contributed by atoms with E-state index in [4.69, 9.17) is 0 Å². The van der Waals surface area contributed by atoms with Crippen molar-refractivity contribution in [1.82, 2.24) is 9.13 Å². The third-order valence-electron chi connectivity index (χ3n) is 10.5. The lowest BCUT2D eigenvalue weighted by molar-refractivity contribution is 0.660. The summed E-state index contributed by atoms with van der Waals surface area (Å²) in [5.41, 5.74) is 15.2. The first-order valence-electron chi connectivity index (χ1n) is 16.4. The second kappa shape index (κ2) is 9.57. The van der Waals surface area contributed by atoms with Gasteiger partial charge in [0.25, 0.3) is 0 Å².